The summed E-state index contributed by atoms with van der Waals surface area (Å²) in [7, 11) is 0. The number of hydrogen-bond acceptors (Lipinski definition) is 9. The van der Waals surface area contributed by atoms with Crippen molar-refractivity contribution in [3.05, 3.63) is 0 Å². The van der Waals surface area contributed by atoms with Crippen LogP contribution in [0.15, 0.2) is 0 Å². The highest BCUT2D eigenvalue weighted by molar-refractivity contribution is 5.69. The summed E-state index contributed by atoms with van der Waals surface area (Å²) in [5.74, 6) is -0.363. The number of esters is 1. The minimum atomic E-state index is -1.53. The molecular formula is C39H76O9. The van der Waals surface area contributed by atoms with Gasteiger partial charge in [0.05, 0.1) is 19.8 Å². The summed E-state index contributed by atoms with van der Waals surface area (Å²) >= 11 is 0. The molecule has 1 aliphatic heterocycles. The van der Waals surface area contributed by atoms with Crippen LogP contribution in [0.25, 0.3) is 0 Å². The third-order valence-corrected chi connectivity index (χ3v) is 9.49. The Labute approximate surface area is 293 Å². The Bertz CT molecular complexity index is 707. The molecule has 0 spiro atoms. The summed E-state index contributed by atoms with van der Waals surface area (Å²) in [5, 5.41) is 39.5. The highest BCUT2D eigenvalue weighted by Crippen LogP contribution is 2.22. The van der Waals surface area contributed by atoms with Gasteiger partial charge in [-0.25, -0.2) is 0 Å². The molecule has 9 heteroatoms. The highest BCUT2D eigenvalue weighted by Gasteiger charge is 2.44. The fourth-order valence-electron chi connectivity index (χ4n) is 6.35. The van der Waals surface area contributed by atoms with Crippen LogP contribution in [-0.2, 0) is 23.7 Å². The standard InChI is InChI=1S/C39H76O9/c1-3-5-6-7-8-9-10-11-12-13-14-15-16-17-18-19-20-21-22-23-24-25-26-27-29-45-31-33(47-35(41)28-4-2)32-46-39-38(44)37(43)36(42)34(30-40)48-39/h33-34,36-40,42-44H,3-32H2,1-2H3. The zero-order chi connectivity index (χ0) is 35.1. The van der Waals surface area contributed by atoms with Crippen LogP contribution < -0.4 is 0 Å². The van der Waals surface area contributed by atoms with E-state index in [0.717, 1.165) is 12.8 Å². The summed E-state index contributed by atoms with van der Waals surface area (Å²) < 4.78 is 22.2. The minimum absolute atomic E-state index is 0.114. The van der Waals surface area contributed by atoms with E-state index in [1.165, 1.54) is 141 Å². The van der Waals surface area contributed by atoms with Crippen LogP contribution in [0.3, 0.4) is 0 Å². The van der Waals surface area contributed by atoms with Gasteiger partial charge in [-0.3, -0.25) is 4.79 Å². The normalized spacial score (nSPS) is 21.8. The summed E-state index contributed by atoms with van der Waals surface area (Å²) in [6, 6.07) is 0. The van der Waals surface area contributed by atoms with Crippen LogP contribution >= 0.6 is 0 Å². The van der Waals surface area contributed by atoms with Crippen LogP contribution in [0.1, 0.15) is 181 Å². The largest absolute Gasteiger partial charge is 0.457 e. The predicted octanol–water partition coefficient (Wildman–Crippen LogP) is 7.91. The first-order chi connectivity index (χ1) is 23.4. The van der Waals surface area contributed by atoms with Gasteiger partial charge in [-0.1, -0.05) is 162 Å². The van der Waals surface area contributed by atoms with Crippen LogP contribution in [0.5, 0.6) is 0 Å². The molecule has 1 fully saturated rings. The quantitative estimate of drug-likeness (QED) is 0.0393. The lowest BCUT2D eigenvalue weighted by molar-refractivity contribution is -0.305. The molecule has 286 valence electrons. The van der Waals surface area contributed by atoms with Crippen molar-refractivity contribution in [3.8, 4) is 0 Å². The zero-order valence-electron chi connectivity index (χ0n) is 31.0. The van der Waals surface area contributed by atoms with Crippen LogP contribution in [-0.4, -0.2) is 89.6 Å². The fourth-order valence-corrected chi connectivity index (χ4v) is 6.35. The number of carbonyl (C=O) groups excluding carboxylic acids is 1. The number of rotatable bonds is 34. The molecule has 48 heavy (non-hydrogen) atoms. The molecule has 1 heterocycles. The summed E-state index contributed by atoms with van der Waals surface area (Å²) in [6.07, 6.45) is 26.0. The SMILES string of the molecule is CCCCCCCCCCCCCCCCCCCCCCCCCCOCC(COC1OC(CO)C(O)C(O)C1O)OC(=O)CCC. The fraction of sp³-hybridized carbons (Fsp3) is 0.974. The van der Waals surface area contributed by atoms with Crippen molar-refractivity contribution in [1.29, 1.82) is 0 Å². The van der Waals surface area contributed by atoms with Gasteiger partial charge in [0, 0.05) is 13.0 Å². The lowest BCUT2D eigenvalue weighted by Gasteiger charge is -2.39. The van der Waals surface area contributed by atoms with Crippen molar-refractivity contribution in [2.24, 2.45) is 0 Å². The van der Waals surface area contributed by atoms with Crippen molar-refractivity contribution < 1.29 is 44.2 Å². The van der Waals surface area contributed by atoms with Crippen molar-refractivity contribution in [1.82, 2.24) is 0 Å². The average molecular weight is 689 g/mol. The van der Waals surface area contributed by atoms with E-state index in [-0.39, 0.29) is 25.6 Å². The van der Waals surface area contributed by atoms with Gasteiger partial charge in [0.1, 0.15) is 30.5 Å². The Morgan fingerprint density at radius 2 is 1.02 bits per heavy atom. The molecular weight excluding hydrogens is 612 g/mol. The smallest absolute Gasteiger partial charge is 0.306 e. The second kappa shape index (κ2) is 32.1. The molecule has 0 saturated carbocycles. The second-order valence-electron chi connectivity index (χ2n) is 14.1. The molecule has 0 aliphatic carbocycles. The number of carbonyl (C=O) groups is 1. The predicted molar refractivity (Wildman–Crippen MR) is 192 cm³/mol. The molecule has 6 atom stereocenters. The molecule has 9 nitrogen and oxygen atoms in total. The van der Waals surface area contributed by atoms with Gasteiger partial charge in [0.25, 0.3) is 0 Å². The van der Waals surface area contributed by atoms with Gasteiger partial charge in [-0.2, -0.15) is 0 Å². The molecule has 6 unspecified atom stereocenters. The summed E-state index contributed by atoms with van der Waals surface area (Å²) in [5.41, 5.74) is 0. The molecule has 0 aromatic carbocycles. The van der Waals surface area contributed by atoms with Gasteiger partial charge < -0.3 is 39.4 Å². The van der Waals surface area contributed by atoms with Gasteiger partial charge >= 0.3 is 5.97 Å². The van der Waals surface area contributed by atoms with Crippen LogP contribution in [0, 0.1) is 0 Å². The molecule has 0 aromatic heterocycles. The number of aliphatic hydroxyl groups is 4. The first-order valence-corrected chi connectivity index (χ1v) is 20.1. The number of aliphatic hydroxyl groups excluding tert-OH is 4. The Balaban J connectivity index is 1.96. The lowest BCUT2D eigenvalue weighted by Crippen LogP contribution is -2.59. The van der Waals surface area contributed by atoms with E-state index in [4.69, 9.17) is 18.9 Å². The Morgan fingerprint density at radius 1 is 0.583 bits per heavy atom. The van der Waals surface area contributed by atoms with E-state index in [1.54, 1.807) is 0 Å². The molecule has 1 aliphatic rings. The maximum atomic E-state index is 12.1. The first-order valence-electron chi connectivity index (χ1n) is 20.1. The van der Waals surface area contributed by atoms with Gasteiger partial charge in [0.15, 0.2) is 6.29 Å². The zero-order valence-corrected chi connectivity index (χ0v) is 31.0. The van der Waals surface area contributed by atoms with Crippen molar-refractivity contribution in [2.75, 3.05) is 26.4 Å². The third kappa shape index (κ3) is 23.6. The van der Waals surface area contributed by atoms with Gasteiger partial charge in [0.2, 0.25) is 0 Å². The molecule has 0 aromatic rings. The van der Waals surface area contributed by atoms with Gasteiger partial charge in [-0.05, 0) is 12.8 Å². The number of hydrogen-bond donors (Lipinski definition) is 4. The van der Waals surface area contributed by atoms with E-state index in [2.05, 4.69) is 6.92 Å². The Hall–Kier alpha value is -0.810. The minimum Gasteiger partial charge on any atom is -0.457 e. The maximum Gasteiger partial charge on any atom is 0.306 e. The highest BCUT2D eigenvalue weighted by atomic mass is 16.7. The van der Waals surface area contributed by atoms with Crippen molar-refractivity contribution >= 4 is 5.97 Å². The Kier molecular flexibility index (Phi) is 30.3. The van der Waals surface area contributed by atoms with Crippen LogP contribution in [0.4, 0.5) is 0 Å². The van der Waals surface area contributed by atoms with Crippen LogP contribution in [0.2, 0.25) is 0 Å². The summed E-state index contributed by atoms with van der Waals surface area (Å²) in [4.78, 5) is 12.1. The molecule has 0 radical (unpaired) electrons. The van der Waals surface area contributed by atoms with E-state index >= 15 is 0 Å². The summed E-state index contributed by atoms with van der Waals surface area (Å²) in [6.45, 7) is 4.22. The lowest BCUT2D eigenvalue weighted by atomic mass is 9.99. The molecule has 1 rings (SSSR count). The first kappa shape index (κ1) is 45.2. The van der Waals surface area contributed by atoms with E-state index in [9.17, 15) is 25.2 Å². The average Bonchev–Trinajstić information content (AvgIpc) is 3.08. The van der Waals surface area contributed by atoms with E-state index < -0.39 is 43.4 Å². The van der Waals surface area contributed by atoms with Gasteiger partial charge in [-0.15, -0.1) is 0 Å². The van der Waals surface area contributed by atoms with E-state index in [1.807, 2.05) is 6.92 Å². The molecule has 0 amide bonds. The maximum absolute atomic E-state index is 12.1. The number of unbranched alkanes of at least 4 members (excludes halogenated alkanes) is 23. The third-order valence-electron chi connectivity index (χ3n) is 9.49. The molecule has 1 saturated heterocycles. The molecule has 4 N–H and O–H groups in total. The number of ether oxygens (including phenoxy) is 4. The molecule has 0 bridgehead atoms. The second-order valence-corrected chi connectivity index (χ2v) is 14.1. The monoisotopic (exact) mass is 689 g/mol. The topological polar surface area (TPSA) is 135 Å². The van der Waals surface area contributed by atoms with Crippen molar-refractivity contribution in [2.45, 2.75) is 218 Å². The Morgan fingerprint density at radius 3 is 1.44 bits per heavy atom. The van der Waals surface area contributed by atoms with E-state index in [0.29, 0.717) is 13.0 Å². The van der Waals surface area contributed by atoms with Crippen molar-refractivity contribution in [3.63, 3.8) is 0 Å².